The summed E-state index contributed by atoms with van der Waals surface area (Å²) in [4.78, 5) is 0. The van der Waals surface area contributed by atoms with Gasteiger partial charge in [0, 0.05) is 7.05 Å². The van der Waals surface area contributed by atoms with E-state index in [0.717, 1.165) is 12.2 Å². The molecule has 0 saturated carbocycles. The molecule has 2 rings (SSSR count). The van der Waals surface area contributed by atoms with Gasteiger partial charge in [0.2, 0.25) is 5.88 Å². The molecule has 1 radical (unpaired) electrons. The van der Waals surface area contributed by atoms with Crippen LogP contribution in [0.2, 0.25) is 0 Å². The fourth-order valence-electron chi connectivity index (χ4n) is 1.26. The highest BCUT2D eigenvalue weighted by Crippen LogP contribution is 2.24. The topological polar surface area (TPSA) is 23.3 Å². The van der Waals surface area contributed by atoms with Crippen molar-refractivity contribution in [2.24, 2.45) is 0 Å². The molecule has 12 heavy (non-hydrogen) atoms. The summed E-state index contributed by atoms with van der Waals surface area (Å²) in [6, 6.07) is 8.02. The minimum atomic E-state index is 0.716. The Morgan fingerprint density at radius 1 is 1.33 bits per heavy atom. The van der Waals surface area contributed by atoms with Gasteiger partial charge in [-0.3, -0.25) is 5.32 Å². The SMILES string of the molecule is C[N]C1=CCc2ccccc2O1. The molecule has 0 fully saturated rings. The molecule has 2 nitrogen and oxygen atoms in total. The first-order valence-electron chi connectivity index (χ1n) is 3.96. The first-order chi connectivity index (χ1) is 5.90. The van der Waals surface area contributed by atoms with Crippen molar-refractivity contribution in [2.45, 2.75) is 6.42 Å². The van der Waals surface area contributed by atoms with E-state index in [1.54, 1.807) is 7.05 Å². The second kappa shape index (κ2) is 2.89. The van der Waals surface area contributed by atoms with Crippen molar-refractivity contribution in [3.8, 4) is 5.75 Å². The number of fused-ring (bicyclic) bond motifs is 1. The van der Waals surface area contributed by atoms with E-state index in [-0.39, 0.29) is 0 Å². The van der Waals surface area contributed by atoms with Crippen molar-refractivity contribution >= 4 is 0 Å². The van der Waals surface area contributed by atoms with Gasteiger partial charge in [0.15, 0.2) is 0 Å². The zero-order valence-electron chi connectivity index (χ0n) is 6.95. The van der Waals surface area contributed by atoms with Crippen LogP contribution >= 0.6 is 0 Å². The van der Waals surface area contributed by atoms with Crippen molar-refractivity contribution in [3.63, 3.8) is 0 Å². The molecule has 2 heteroatoms. The quantitative estimate of drug-likeness (QED) is 0.613. The molecule has 61 valence electrons. The first kappa shape index (κ1) is 7.22. The van der Waals surface area contributed by atoms with Crippen molar-refractivity contribution in [1.82, 2.24) is 5.32 Å². The Bertz CT molecular complexity index is 317. The Labute approximate surface area is 71.9 Å². The molecular weight excluding hydrogens is 150 g/mol. The molecule has 1 aromatic carbocycles. The summed E-state index contributed by atoms with van der Waals surface area (Å²) in [5, 5.41) is 3.99. The Morgan fingerprint density at radius 2 is 2.17 bits per heavy atom. The lowest BCUT2D eigenvalue weighted by Gasteiger charge is -2.15. The lowest BCUT2D eigenvalue weighted by molar-refractivity contribution is 0.375. The highest BCUT2D eigenvalue weighted by molar-refractivity contribution is 5.38. The van der Waals surface area contributed by atoms with E-state index < -0.39 is 0 Å². The molecule has 0 aliphatic carbocycles. The van der Waals surface area contributed by atoms with Crippen LogP contribution in [-0.4, -0.2) is 7.05 Å². The van der Waals surface area contributed by atoms with Gasteiger partial charge in [-0.25, -0.2) is 0 Å². The van der Waals surface area contributed by atoms with Crippen molar-refractivity contribution in [3.05, 3.63) is 41.8 Å². The van der Waals surface area contributed by atoms with Crippen LogP contribution in [0.25, 0.3) is 0 Å². The Kier molecular flexibility index (Phi) is 1.74. The van der Waals surface area contributed by atoms with Gasteiger partial charge < -0.3 is 4.74 Å². The van der Waals surface area contributed by atoms with E-state index in [1.165, 1.54) is 5.56 Å². The smallest absolute Gasteiger partial charge is 0.210 e. The van der Waals surface area contributed by atoms with Crippen LogP contribution in [0.4, 0.5) is 0 Å². The van der Waals surface area contributed by atoms with Crippen LogP contribution in [0.15, 0.2) is 36.2 Å². The molecule has 0 atom stereocenters. The standard InChI is InChI=1S/C10H10NO/c1-11-10-7-6-8-4-2-3-5-9(8)12-10/h2-5,7H,6H2,1H3. The molecule has 1 aromatic rings. The average Bonchev–Trinajstić information content (AvgIpc) is 2.17. The molecule has 0 amide bonds. The summed E-state index contributed by atoms with van der Waals surface area (Å²) in [6.07, 6.45) is 2.91. The third-order valence-corrected chi connectivity index (χ3v) is 1.90. The highest BCUT2D eigenvalue weighted by Gasteiger charge is 2.09. The monoisotopic (exact) mass is 160 g/mol. The predicted octanol–water partition coefficient (Wildman–Crippen LogP) is 1.70. The van der Waals surface area contributed by atoms with E-state index in [9.17, 15) is 0 Å². The number of rotatable bonds is 1. The van der Waals surface area contributed by atoms with Gasteiger partial charge in [-0.1, -0.05) is 18.2 Å². The molecular formula is C10H10NO. The van der Waals surface area contributed by atoms with Crippen molar-refractivity contribution in [2.75, 3.05) is 7.05 Å². The summed E-state index contributed by atoms with van der Waals surface area (Å²) in [6.45, 7) is 0. The van der Waals surface area contributed by atoms with Crippen LogP contribution < -0.4 is 10.1 Å². The number of nitrogens with zero attached hydrogens (tertiary/aromatic N) is 1. The summed E-state index contributed by atoms with van der Waals surface area (Å²) < 4.78 is 5.48. The molecule has 0 spiro atoms. The van der Waals surface area contributed by atoms with Crippen LogP contribution in [0, 0.1) is 0 Å². The van der Waals surface area contributed by atoms with Gasteiger partial charge in [0.1, 0.15) is 5.75 Å². The lowest BCUT2D eigenvalue weighted by atomic mass is 10.1. The first-order valence-corrected chi connectivity index (χ1v) is 3.96. The summed E-state index contributed by atoms with van der Waals surface area (Å²) in [5.41, 5.74) is 1.23. The average molecular weight is 160 g/mol. The number of benzene rings is 1. The molecule has 0 N–H and O–H groups in total. The minimum Gasteiger partial charge on any atom is -0.439 e. The number of para-hydroxylation sites is 1. The highest BCUT2D eigenvalue weighted by atomic mass is 16.5. The van der Waals surface area contributed by atoms with E-state index >= 15 is 0 Å². The summed E-state index contributed by atoms with van der Waals surface area (Å²) in [5.74, 6) is 1.65. The largest absolute Gasteiger partial charge is 0.439 e. The van der Waals surface area contributed by atoms with E-state index in [2.05, 4.69) is 11.4 Å². The predicted molar refractivity (Wildman–Crippen MR) is 46.9 cm³/mol. The molecule has 1 aliphatic heterocycles. The van der Waals surface area contributed by atoms with Crippen molar-refractivity contribution < 1.29 is 4.74 Å². The number of ether oxygens (including phenoxy) is 1. The third-order valence-electron chi connectivity index (χ3n) is 1.90. The minimum absolute atomic E-state index is 0.716. The third kappa shape index (κ3) is 1.16. The van der Waals surface area contributed by atoms with Crippen LogP contribution in [0.5, 0.6) is 5.75 Å². The number of hydrogen-bond donors (Lipinski definition) is 0. The Balaban J connectivity index is 2.31. The van der Waals surface area contributed by atoms with E-state index in [1.807, 2.05) is 24.3 Å². The molecule has 0 saturated heterocycles. The lowest BCUT2D eigenvalue weighted by Crippen LogP contribution is -2.11. The normalized spacial score (nSPS) is 14.2. The van der Waals surface area contributed by atoms with Crippen LogP contribution in [-0.2, 0) is 6.42 Å². The summed E-state index contributed by atoms with van der Waals surface area (Å²) >= 11 is 0. The molecule has 1 aliphatic rings. The number of allylic oxidation sites excluding steroid dienone is 1. The van der Waals surface area contributed by atoms with Gasteiger partial charge in [0.05, 0.1) is 0 Å². The maximum Gasteiger partial charge on any atom is 0.210 e. The van der Waals surface area contributed by atoms with Gasteiger partial charge in [-0.15, -0.1) is 0 Å². The zero-order valence-corrected chi connectivity index (χ0v) is 6.95. The fourth-order valence-corrected chi connectivity index (χ4v) is 1.26. The maximum atomic E-state index is 5.48. The number of hydrogen-bond acceptors (Lipinski definition) is 1. The van der Waals surface area contributed by atoms with E-state index in [0.29, 0.717) is 5.88 Å². The van der Waals surface area contributed by atoms with Crippen molar-refractivity contribution in [1.29, 1.82) is 0 Å². The molecule has 1 heterocycles. The maximum absolute atomic E-state index is 5.48. The van der Waals surface area contributed by atoms with Gasteiger partial charge in [-0.2, -0.15) is 0 Å². The summed E-state index contributed by atoms with van der Waals surface area (Å²) in [7, 11) is 1.74. The van der Waals surface area contributed by atoms with Gasteiger partial charge in [-0.05, 0) is 24.1 Å². The molecule has 0 aromatic heterocycles. The van der Waals surface area contributed by atoms with Gasteiger partial charge >= 0.3 is 0 Å². The Hall–Kier alpha value is -1.44. The zero-order chi connectivity index (χ0) is 8.39. The second-order valence-electron chi connectivity index (χ2n) is 2.68. The molecule has 0 unspecified atom stereocenters. The fraction of sp³-hybridized carbons (Fsp3) is 0.200. The second-order valence-corrected chi connectivity index (χ2v) is 2.68. The molecule has 0 bridgehead atoms. The van der Waals surface area contributed by atoms with Crippen LogP contribution in [0.3, 0.4) is 0 Å². The van der Waals surface area contributed by atoms with Crippen LogP contribution in [0.1, 0.15) is 5.56 Å². The Morgan fingerprint density at radius 3 is 3.00 bits per heavy atom. The van der Waals surface area contributed by atoms with Gasteiger partial charge in [0.25, 0.3) is 0 Å². The van der Waals surface area contributed by atoms with E-state index in [4.69, 9.17) is 4.74 Å².